The summed E-state index contributed by atoms with van der Waals surface area (Å²) >= 11 is 0. The average molecular weight is 429 g/mol. The molecule has 0 atom stereocenters. The Morgan fingerprint density at radius 2 is 1.78 bits per heavy atom. The van der Waals surface area contributed by atoms with Crippen molar-refractivity contribution in [2.24, 2.45) is 0 Å². The lowest BCUT2D eigenvalue weighted by atomic mass is 10.1. The van der Waals surface area contributed by atoms with E-state index in [0.717, 1.165) is 41.2 Å². The van der Waals surface area contributed by atoms with Crippen LogP contribution in [0.3, 0.4) is 0 Å². The van der Waals surface area contributed by atoms with Crippen LogP contribution in [0.15, 0.2) is 78.9 Å². The van der Waals surface area contributed by atoms with Gasteiger partial charge in [0, 0.05) is 31.5 Å². The topological polar surface area (TPSA) is 77.4 Å². The van der Waals surface area contributed by atoms with Gasteiger partial charge in [-0.2, -0.15) is 5.26 Å². The van der Waals surface area contributed by atoms with Crippen LogP contribution < -0.4 is 20.3 Å². The minimum absolute atomic E-state index is 0.224. The van der Waals surface area contributed by atoms with Crippen LogP contribution in [0.4, 0.5) is 16.2 Å². The summed E-state index contributed by atoms with van der Waals surface area (Å²) in [5.41, 5.74) is 3.79. The predicted molar refractivity (Wildman–Crippen MR) is 128 cm³/mol. The van der Waals surface area contributed by atoms with Gasteiger partial charge in [0.15, 0.2) is 0 Å². The Morgan fingerprint density at radius 3 is 2.53 bits per heavy atom. The van der Waals surface area contributed by atoms with Crippen molar-refractivity contribution in [1.29, 1.82) is 5.26 Å². The minimum atomic E-state index is -0.224. The van der Waals surface area contributed by atoms with Gasteiger partial charge >= 0.3 is 6.03 Å². The zero-order valence-corrected chi connectivity index (χ0v) is 18.3. The smallest absolute Gasteiger partial charge is 0.319 e. The first kappa shape index (κ1) is 22.7. The molecule has 0 aromatic heterocycles. The second-order valence-corrected chi connectivity index (χ2v) is 7.46. The van der Waals surface area contributed by atoms with Crippen LogP contribution >= 0.6 is 0 Å². The normalized spacial score (nSPS) is 10.1. The third kappa shape index (κ3) is 7.37. The SMILES string of the molecule is CN(CCCNC(=O)Nc1cccc(COc2ccc(CC#N)cc2)c1)c1ccccc1. The van der Waals surface area contributed by atoms with Crippen molar-refractivity contribution in [2.45, 2.75) is 19.4 Å². The van der Waals surface area contributed by atoms with Gasteiger partial charge in [0.2, 0.25) is 0 Å². The lowest BCUT2D eigenvalue weighted by Crippen LogP contribution is -2.31. The molecule has 0 spiro atoms. The largest absolute Gasteiger partial charge is 0.489 e. The number of carbonyl (C=O) groups is 1. The molecule has 2 amide bonds. The number of rotatable bonds is 10. The van der Waals surface area contributed by atoms with Gasteiger partial charge in [-0.1, -0.05) is 42.5 Å². The average Bonchev–Trinajstić information content (AvgIpc) is 2.82. The number of anilines is 2. The molecule has 0 heterocycles. The van der Waals surface area contributed by atoms with E-state index in [4.69, 9.17) is 10.00 Å². The number of nitriles is 1. The summed E-state index contributed by atoms with van der Waals surface area (Å²) in [5.74, 6) is 0.739. The summed E-state index contributed by atoms with van der Waals surface area (Å²) in [5, 5.41) is 14.5. The highest BCUT2D eigenvalue weighted by Gasteiger charge is 2.04. The molecule has 3 aromatic carbocycles. The number of nitrogens with zero attached hydrogens (tertiary/aromatic N) is 2. The molecule has 0 aliphatic carbocycles. The van der Waals surface area contributed by atoms with Gasteiger partial charge < -0.3 is 20.3 Å². The summed E-state index contributed by atoms with van der Waals surface area (Å²) in [6.45, 7) is 1.84. The van der Waals surface area contributed by atoms with Gasteiger partial charge in [0.1, 0.15) is 12.4 Å². The van der Waals surface area contributed by atoms with Crippen LogP contribution in [0.2, 0.25) is 0 Å². The quantitative estimate of drug-likeness (QED) is 0.447. The second-order valence-electron chi connectivity index (χ2n) is 7.46. The summed E-state index contributed by atoms with van der Waals surface area (Å²) in [4.78, 5) is 14.4. The van der Waals surface area contributed by atoms with Gasteiger partial charge in [-0.25, -0.2) is 4.79 Å². The van der Waals surface area contributed by atoms with Crippen LogP contribution in [0.25, 0.3) is 0 Å². The number of benzene rings is 3. The number of urea groups is 1. The molecule has 0 bridgehead atoms. The molecule has 0 unspecified atom stereocenters. The van der Waals surface area contributed by atoms with Crippen molar-refractivity contribution in [3.05, 3.63) is 90.0 Å². The Hall–Kier alpha value is -3.98. The van der Waals surface area contributed by atoms with E-state index in [1.54, 1.807) is 0 Å². The van der Waals surface area contributed by atoms with E-state index in [1.165, 1.54) is 0 Å². The standard InChI is InChI=1S/C26H28N4O2/c1-30(24-9-3-2-4-10-24)18-6-17-28-26(31)29-23-8-5-7-22(19-23)20-32-25-13-11-21(12-14-25)15-16-27/h2-5,7-14,19H,6,15,17-18,20H2,1H3,(H2,28,29,31). The molecule has 3 aromatic rings. The van der Waals surface area contributed by atoms with E-state index < -0.39 is 0 Å². The molecule has 0 aliphatic heterocycles. The molecule has 164 valence electrons. The van der Waals surface area contributed by atoms with Crippen LogP contribution in [0.5, 0.6) is 5.75 Å². The van der Waals surface area contributed by atoms with Crippen molar-refractivity contribution in [2.75, 3.05) is 30.4 Å². The molecule has 0 aliphatic rings. The highest BCUT2D eigenvalue weighted by atomic mass is 16.5. The molecule has 6 nitrogen and oxygen atoms in total. The highest BCUT2D eigenvalue weighted by Crippen LogP contribution is 2.16. The maximum absolute atomic E-state index is 12.2. The minimum Gasteiger partial charge on any atom is -0.489 e. The molecule has 0 radical (unpaired) electrons. The number of amides is 2. The maximum atomic E-state index is 12.2. The van der Waals surface area contributed by atoms with Crippen molar-refractivity contribution in [3.8, 4) is 11.8 Å². The first-order chi connectivity index (χ1) is 15.6. The third-order valence-electron chi connectivity index (χ3n) is 4.95. The van der Waals surface area contributed by atoms with E-state index in [-0.39, 0.29) is 6.03 Å². The Bertz CT molecular complexity index is 1030. The Morgan fingerprint density at radius 1 is 1.00 bits per heavy atom. The van der Waals surface area contributed by atoms with Crippen LogP contribution in [0, 0.1) is 11.3 Å². The monoisotopic (exact) mass is 428 g/mol. The van der Waals surface area contributed by atoms with E-state index in [0.29, 0.717) is 19.6 Å². The Kier molecular flexibility index (Phi) is 8.52. The molecular weight excluding hydrogens is 400 g/mol. The van der Waals surface area contributed by atoms with E-state index >= 15 is 0 Å². The number of ether oxygens (including phenoxy) is 1. The summed E-state index contributed by atoms with van der Waals surface area (Å²) in [7, 11) is 2.05. The second kappa shape index (κ2) is 12.0. The van der Waals surface area contributed by atoms with Crippen molar-refractivity contribution in [3.63, 3.8) is 0 Å². The first-order valence-electron chi connectivity index (χ1n) is 10.6. The molecular formula is C26H28N4O2. The molecule has 32 heavy (non-hydrogen) atoms. The fourth-order valence-electron chi connectivity index (χ4n) is 3.21. The fourth-order valence-corrected chi connectivity index (χ4v) is 3.21. The number of hydrogen-bond donors (Lipinski definition) is 2. The summed E-state index contributed by atoms with van der Waals surface area (Å²) in [6.07, 6.45) is 1.24. The van der Waals surface area contributed by atoms with Crippen LogP contribution in [-0.4, -0.2) is 26.2 Å². The lowest BCUT2D eigenvalue weighted by Gasteiger charge is -2.19. The fraction of sp³-hybridized carbons (Fsp3) is 0.231. The van der Waals surface area contributed by atoms with Gasteiger partial charge in [-0.3, -0.25) is 0 Å². The van der Waals surface area contributed by atoms with Gasteiger partial charge in [0.05, 0.1) is 12.5 Å². The lowest BCUT2D eigenvalue weighted by molar-refractivity contribution is 0.252. The Labute approximate surface area is 189 Å². The number of para-hydroxylation sites is 1. The summed E-state index contributed by atoms with van der Waals surface area (Å²) in [6, 6.07) is 27.2. The molecule has 0 fully saturated rings. The van der Waals surface area contributed by atoms with E-state index in [2.05, 4.69) is 33.7 Å². The van der Waals surface area contributed by atoms with E-state index in [1.807, 2.05) is 73.8 Å². The Balaban J connectivity index is 1.39. The predicted octanol–water partition coefficient (Wildman–Crippen LogP) is 4.98. The molecule has 6 heteroatoms. The molecule has 0 saturated carbocycles. The van der Waals surface area contributed by atoms with Crippen LogP contribution in [0.1, 0.15) is 17.5 Å². The molecule has 3 rings (SSSR count). The maximum Gasteiger partial charge on any atom is 0.319 e. The first-order valence-corrected chi connectivity index (χ1v) is 10.6. The molecule has 0 saturated heterocycles. The van der Waals surface area contributed by atoms with Crippen molar-refractivity contribution >= 4 is 17.4 Å². The number of nitrogens with one attached hydrogen (secondary N) is 2. The third-order valence-corrected chi connectivity index (χ3v) is 4.95. The van der Waals surface area contributed by atoms with Gasteiger partial charge in [-0.15, -0.1) is 0 Å². The van der Waals surface area contributed by atoms with Crippen molar-refractivity contribution in [1.82, 2.24) is 5.32 Å². The zero-order valence-electron chi connectivity index (χ0n) is 18.3. The number of hydrogen-bond acceptors (Lipinski definition) is 4. The molecule has 2 N–H and O–H groups in total. The highest BCUT2D eigenvalue weighted by molar-refractivity contribution is 5.89. The summed E-state index contributed by atoms with van der Waals surface area (Å²) < 4.78 is 5.81. The zero-order chi connectivity index (χ0) is 22.6. The van der Waals surface area contributed by atoms with Crippen LogP contribution in [-0.2, 0) is 13.0 Å². The number of carbonyl (C=O) groups excluding carboxylic acids is 1. The van der Waals surface area contributed by atoms with Crippen molar-refractivity contribution < 1.29 is 9.53 Å². The van der Waals surface area contributed by atoms with E-state index in [9.17, 15) is 4.79 Å². The van der Waals surface area contributed by atoms with Gasteiger partial charge in [-0.05, 0) is 53.9 Å². The van der Waals surface area contributed by atoms with Gasteiger partial charge in [0.25, 0.3) is 0 Å².